The van der Waals surface area contributed by atoms with E-state index in [1.54, 1.807) is 18.0 Å². The Balaban J connectivity index is 1.76. The highest BCUT2D eigenvalue weighted by molar-refractivity contribution is 5.72. The average molecular weight is 332 g/mol. The van der Waals surface area contributed by atoms with Gasteiger partial charge in [-0.05, 0) is 17.7 Å². The maximum atomic E-state index is 12.6. The van der Waals surface area contributed by atoms with Crippen molar-refractivity contribution in [3.8, 4) is 17.1 Å². The third kappa shape index (κ3) is 2.89. The predicted molar refractivity (Wildman–Crippen MR) is 95.7 cm³/mol. The maximum Gasteiger partial charge on any atom is 0.277 e. The summed E-state index contributed by atoms with van der Waals surface area (Å²) in [5.41, 5.74) is 2.56. The molecule has 0 saturated carbocycles. The van der Waals surface area contributed by atoms with Crippen LogP contribution in [0.4, 0.5) is 0 Å². The van der Waals surface area contributed by atoms with Crippen molar-refractivity contribution in [2.45, 2.75) is 6.54 Å². The van der Waals surface area contributed by atoms with Gasteiger partial charge in [-0.15, -0.1) is 0 Å². The highest BCUT2D eigenvalue weighted by atomic mass is 16.5. The average Bonchev–Trinajstić information content (AvgIpc) is 3.06. The van der Waals surface area contributed by atoms with E-state index >= 15 is 0 Å². The molecule has 0 radical (unpaired) electrons. The summed E-state index contributed by atoms with van der Waals surface area (Å²) in [6, 6.07) is 17.2. The minimum Gasteiger partial charge on any atom is -0.497 e. The van der Waals surface area contributed by atoms with Gasteiger partial charge < -0.3 is 14.3 Å². The van der Waals surface area contributed by atoms with Gasteiger partial charge in [0.25, 0.3) is 5.56 Å². The Labute approximate surface area is 143 Å². The van der Waals surface area contributed by atoms with E-state index in [1.165, 1.54) is 0 Å². The van der Waals surface area contributed by atoms with E-state index in [-0.39, 0.29) is 5.56 Å². The first-order chi connectivity index (χ1) is 12.2. The monoisotopic (exact) mass is 332 g/mol. The SMILES string of the molecule is COc1cccc(Cn2cnc3nc(-c4ccccc4)[nH]c(=O)c32)c1. The first kappa shape index (κ1) is 15.1. The summed E-state index contributed by atoms with van der Waals surface area (Å²) in [5.74, 6) is 1.30. The lowest BCUT2D eigenvalue weighted by molar-refractivity contribution is 0.414. The van der Waals surface area contributed by atoms with Crippen molar-refractivity contribution in [2.24, 2.45) is 0 Å². The van der Waals surface area contributed by atoms with Crippen LogP contribution in [0.15, 0.2) is 65.7 Å². The molecule has 2 heterocycles. The Morgan fingerprint density at radius 2 is 1.96 bits per heavy atom. The molecule has 0 amide bonds. The fourth-order valence-corrected chi connectivity index (χ4v) is 2.81. The van der Waals surface area contributed by atoms with Gasteiger partial charge in [0, 0.05) is 12.1 Å². The first-order valence-corrected chi connectivity index (χ1v) is 7.88. The topological polar surface area (TPSA) is 72.8 Å². The van der Waals surface area contributed by atoms with Crippen LogP contribution < -0.4 is 10.3 Å². The third-order valence-electron chi connectivity index (χ3n) is 4.02. The van der Waals surface area contributed by atoms with E-state index in [0.717, 1.165) is 16.9 Å². The van der Waals surface area contributed by atoms with Gasteiger partial charge in [-0.1, -0.05) is 42.5 Å². The standard InChI is InChI=1S/C19H16N4O2/c1-25-15-9-5-6-13(10-15)11-23-12-20-18-16(23)19(24)22-17(21-18)14-7-3-2-4-8-14/h2-10,12H,11H2,1H3,(H,21,22,24). The molecule has 0 aliphatic heterocycles. The van der Waals surface area contributed by atoms with Gasteiger partial charge in [-0.2, -0.15) is 0 Å². The molecule has 0 bridgehead atoms. The number of hydrogen-bond acceptors (Lipinski definition) is 4. The molecule has 25 heavy (non-hydrogen) atoms. The number of rotatable bonds is 4. The molecule has 2 aromatic heterocycles. The summed E-state index contributed by atoms with van der Waals surface area (Å²) in [6.07, 6.45) is 1.64. The number of nitrogens with one attached hydrogen (secondary N) is 1. The van der Waals surface area contributed by atoms with E-state index in [0.29, 0.717) is 23.5 Å². The highest BCUT2D eigenvalue weighted by Gasteiger charge is 2.12. The van der Waals surface area contributed by atoms with E-state index in [1.807, 2.05) is 54.6 Å². The summed E-state index contributed by atoms with van der Waals surface area (Å²) < 4.78 is 7.04. The molecule has 2 aromatic carbocycles. The van der Waals surface area contributed by atoms with Gasteiger partial charge in [-0.3, -0.25) is 4.79 Å². The molecular formula is C19H16N4O2. The second-order valence-corrected chi connectivity index (χ2v) is 5.68. The van der Waals surface area contributed by atoms with Crippen LogP contribution in [-0.4, -0.2) is 26.6 Å². The lowest BCUT2D eigenvalue weighted by Crippen LogP contribution is -2.13. The number of aromatic amines is 1. The Hall–Kier alpha value is -3.41. The zero-order chi connectivity index (χ0) is 17.2. The fourth-order valence-electron chi connectivity index (χ4n) is 2.81. The largest absolute Gasteiger partial charge is 0.497 e. The number of ether oxygens (including phenoxy) is 1. The molecule has 124 valence electrons. The molecule has 6 heteroatoms. The van der Waals surface area contributed by atoms with Crippen LogP contribution in [0.5, 0.6) is 5.75 Å². The molecule has 6 nitrogen and oxygen atoms in total. The second kappa shape index (κ2) is 6.24. The lowest BCUT2D eigenvalue weighted by atomic mass is 10.2. The molecule has 0 unspecified atom stereocenters. The molecule has 0 aliphatic rings. The van der Waals surface area contributed by atoms with Crippen LogP contribution in [0.1, 0.15) is 5.56 Å². The van der Waals surface area contributed by atoms with Gasteiger partial charge in [-0.25, -0.2) is 9.97 Å². The molecule has 1 N–H and O–H groups in total. The lowest BCUT2D eigenvalue weighted by Gasteiger charge is -2.06. The molecule has 0 spiro atoms. The van der Waals surface area contributed by atoms with E-state index in [4.69, 9.17) is 4.74 Å². The second-order valence-electron chi connectivity index (χ2n) is 5.68. The summed E-state index contributed by atoms with van der Waals surface area (Å²) in [6.45, 7) is 0.517. The molecule has 4 aromatic rings. The van der Waals surface area contributed by atoms with Crippen molar-refractivity contribution in [1.82, 2.24) is 19.5 Å². The van der Waals surface area contributed by atoms with E-state index in [2.05, 4.69) is 15.0 Å². The van der Waals surface area contributed by atoms with Crippen LogP contribution in [0.25, 0.3) is 22.6 Å². The van der Waals surface area contributed by atoms with Gasteiger partial charge >= 0.3 is 0 Å². The van der Waals surface area contributed by atoms with Crippen LogP contribution in [0.2, 0.25) is 0 Å². The number of H-pyrrole nitrogens is 1. The summed E-state index contributed by atoms with van der Waals surface area (Å²) in [5, 5.41) is 0. The van der Waals surface area contributed by atoms with Crippen LogP contribution in [-0.2, 0) is 6.54 Å². The van der Waals surface area contributed by atoms with Crippen molar-refractivity contribution in [3.63, 3.8) is 0 Å². The minimum absolute atomic E-state index is 0.204. The van der Waals surface area contributed by atoms with Crippen molar-refractivity contribution in [2.75, 3.05) is 7.11 Å². The number of imidazole rings is 1. The predicted octanol–water partition coefficient (Wildman–Crippen LogP) is 2.84. The Morgan fingerprint density at radius 3 is 2.76 bits per heavy atom. The number of benzene rings is 2. The molecule has 0 fully saturated rings. The molecule has 4 rings (SSSR count). The number of methoxy groups -OCH3 is 1. The third-order valence-corrected chi connectivity index (χ3v) is 4.02. The molecular weight excluding hydrogens is 316 g/mol. The van der Waals surface area contributed by atoms with Gasteiger partial charge in [0.05, 0.1) is 13.4 Å². The maximum absolute atomic E-state index is 12.6. The summed E-state index contributed by atoms with van der Waals surface area (Å²) in [7, 11) is 1.63. The number of fused-ring (bicyclic) bond motifs is 1. The van der Waals surface area contributed by atoms with Crippen molar-refractivity contribution in [3.05, 3.63) is 76.8 Å². The quantitative estimate of drug-likeness (QED) is 0.624. The van der Waals surface area contributed by atoms with Gasteiger partial charge in [0.15, 0.2) is 11.2 Å². The Kier molecular flexibility index (Phi) is 3.78. The first-order valence-electron chi connectivity index (χ1n) is 7.88. The molecule has 0 aliphatic carbocycles. The van der Waals surface area contributed by atoms with Gasteiger partial charge in [0.1, 0.15) is 11.6 Å². The fraction of sp³-hybridized carbons (Fsp3) is 0.105. The van der Waals surface area contributed by atoms with Gasteiger partial charge in [0.2, 0.25) is 0 Å². The Morgan fingerprint density at radius 1 is 1.12 bits per heavy atom. The molecule has 0 saturated heterocycles. The smallest absolute Gasteiger partial charge is 0.277 e. The normalized spacial score (nSPS) is 10.9. The van der Waals surface area contributed by atoms with E-state index < -0.39 is 0 Å². The van der Waals surface area contributed by atoms with Crippen LogP contribution in [0, 0.1) is 0 Å². The summed E-state index contributed by atoms with van der Waals surface area (Å²) in [4.78, 5) is 24.2. The zero-order valence-corrected chi connectivity index (χ0v) is 13.6. The van der Waals surface area contributed by atoms with E-state index in [9.17, 15) is 4.79 Å². The number of aromatic nitrogens is 4. The van der Waals surface area contributed by atoms with Crippen LogP contribution in [0.3, 0.4) is 0 Å². The minimum atomic E-state index is -0.204. The van der Waals surface area contributed by atoms with Crippen molar-refractivity contribution >= 4 is 11.2 Å². The Bertz CT molecular complexity index is 1080. The zero-order valence-electron chi connectivity index (χ0n) is 13.6. The van der Waals surface area contributed by atoms with Crippen molar-refractivity contribution in [1.29, 1.82) is 0 Å². The van der Waals surface area contributed by atoms with Crippen LogP contribution >= 0.6 is 0 Å². The highest BCUT2D eigenvalue weighted by Crippen LogP contribution is 2.17. The number of nitrogens with zero attached hydrogens (tertiary/aromatic N) is 3. The summed E-state index contributed by atoms with van der Waals surface area (Å²) >= 11 is 0. The number of hydrogen-bond donors (Lipinski definition) is 1. The molecule has 0 atom stereocenters. The van der Waals surface area contributed by atoms with Crippen molar-refractivity contribution < 1.29 is 4.74 Å².